The monoisotopic (exact) mass is 316 g/mol. The first-order valence-corrected chi connectivity index (χ1v) is 8.40. The van der Waals surface area contributed by atoms with Gasteiger partial charge in [0.1, 0.15) is 0 Å². The van der Waals surface area contributed by atoms with Crippen LogP contribution in [0.3, 0.4) is 0 Å². The number of benzene rings is 1. The fourth-order valence-electron chi connectivity index (χ4n) is 2.32. The summed E-state index contributed by atoms with van der Waals surface area (Å²) in [7, 11) is 0. The summed E-state index contributed by atoms with van der Waals surface area (Å²) in [5.41, 5.74) is 3.13. The molecule has 0 spiro atoms. The lowest BCUT2D eigenvalue weighted by molar-refractivity contribution is 0.0954. The van der Waals surface area contributed by atoms with Gasteiger partial charge >= 0.3 is 0 Å². The number of nitrogens with one attached hydrogen (secondary N) is 1. The van der Waals surface area contributed by atoms with Crippen LogP contribution in [0, 0.1) is 13.8 Å². The van der Waals surface area contributed by atoms with Crippen molar-refractivity contribution in [3.63, 3.8) is 0 Å². The quantitative estimate of drug-likeness (QED) is 0.925. The van der Waals surface area contributed by atoms with Gasteiger partial charge in [-0.2, -0.15) is 0 Å². The highest BCUT2D eigenvalue weighted by Gasteiger charge is 2.14. The zero-order chi connectivity index (χ0) is 16.3. The molecule has 118 valence electrons. The minimum absolute atomic E-state index is 0.0145. The van der Waals surface area contributed by atoms with Gasteiger partial charge in [-0.15, -0.1) is 11.3 Å². The van der Waals surface area contributed by atoms with Crippen molar-refractivity contribution in [3.8, 4) is 0 Å². The Hall–Kier alpha value is -1.68. The van der Waals surface area contributed by atoms with Crippen molar-refractivity contribution in [2.75, 3.05) is 6.54 Å². The SMILES string of the molecule is Cc1nc(C)c(CCNC(=O)c2ccc(C(C)(C)C)cc2)s1. The van der Waals surface area contributed by atoms with E-state index in [1.165, 1.54) is 10.4 Å². The second-order valence-electron chi connectivity index (χ2n) is 6.57. The Morgan fingerprint density at radius 1 is 1.18 bits per heavy atom. The number of aryl methyl sites for hydroxylation is 2. The van der Waals surface area contributed by atoms with E-state index in [0.717, 1.165) is 17.1 Å². The smallest absolute Gasteiger partial charge is 0.251 e. The molecule has 1 aromatic heterocycles. The second kappa shape index (κ2) is 6.61. The van der Waals surface area contributed by atoms with Crippen molar-refractivity contribution in [1.82, 2.24) is 10.3 Å². The molecule has 3 nitrogen and oxygen atoms in total. The number of nitrogens with zero attached hydrogens (tertiary/aromatic N) is 1. The van der Waals surface area contributed by atoms with E-state index < -0.39 is 0 Å². The van der Waals surface area contributed by atoms with Crippen LogP contribution < -0.4 is 5.32 Å². The lowest BCUT2D eigenvalue weighted by Crippen LogP contribution is -2.25. The predicted molar refractivity (Wildman–Crippen MR) is 92.8 cm³/mol. The molecular formula is C18H24N2OS. The zero-order valence-corrected chi connectivity index (χ0v) is 14.8. The standard InChI is InChI=1S/C18H24N2OS/c1-12-16(22-13(2)20-12)10-11-19-17(21)14-6-8-15(9-7-14)18(3,4)5/h6-9H,10-11H2,1-5H3,(H,19,21). The first-order valence-electron chi connectivity index (χ1n) is 7.59. The number of hydrogen-bond donors (Lipinski definition) is 1. The first kappa shape index (κ1) is 16.7. The second-order valence-corrected chi connectivity index (χ2v) is 7.86. The van der Waals surface area contributed by atoms with E-state index in [-0.39, 0.29) is 11.3 Å². The van der Waals surface area contributed by atoms with Crippen molar-refractivity contribution in [2.24, 2.45) is 0 Å². The molecule has 0 saturated carbocycles. The number of rotatable bonds is 4. The molecule has 4 heteroatoms. The molecule has 0 bridgehead atoms. The van der Waals surface area contributed by atoms with Crippen molar-refractivity contribution >= 4 is 17.2 Å². The van der Waals surface area contributed by atoms with Gasteiger partial charge < -0.3 is 5.32 Å². The van der Waals surface area contributed by atoms with Gasteiger partial charge in [-0.1, -0.05) is 32.9 Å². The molecule has 0 fully saturated rings. The first-order chi connectivity index (χ1) is 10.3. The number of carbonyl (C=O) groups is 1. The summed E-state index contributed by atoms with van der Waals surface area (Å²) in [6, 6.07) is 7.87. The van der Waals surface area contributed by atoms with Crippen LogP contribution in [0.4, 0.5) is 0 Å². The van der Waals surface area contributed by atoms with Gasteiger partial charge in [-0.3, -0.25) is 4.79 Å². The average Bonchev–Trinajstić information content (AvgIpc) is 2.76. The van der Waals surface area contributed by atoms with Crippen LogP contribution in [0.15, 0.2) is 24.3 Å². The third-order valence-corrected chi connectivity index (χ3v) is 4.78. The summed E-state index contributed by atoms with van der Waals surface area (Å²) >= 11 is 1.70. The van der Waals surface area contributed by atoms with Crippen LogP contribution >= 0.6 is 11.3 Å². The Morgan fingerprint density at radius 3 is 2.32 bits per heavy atom. The van der Waals surface area contributed by atoms with E-state index in [9.17, 15) is 4.79 Å². The maximum atomic E-state index is 12.2. The number of carbonyl (C=O) groups excluding carboxylic acids is 1. The van der Waals surface area contributed by atoms with E-state index >= 15 is 0 Å². The topological polar surface area (TPSA) is 42.0 Å². The van der Waals surface area contributed by atoms with Crippen LogP contribution in [-0.2, 0) is 11.8 Å². The Bertz CT molecular complexity index is 651. The van der Waals surface area contributed by atoms with Crippen LogP contribution in [0.25, 0.3) is 0 Å². The molecular weight excluding hydrogens is 292 g/mol. The number of thiazole rings is 1. The van der Waals surface area contributed by atoms with Crippen molar-refractivity contribution in [2.45, 2.75) is 46.5 Å². The Balaban J connectivity index is 1.91. The maximum Gasteiger partial charge on any atom is 0.251 e. The van der Waals surface area contributed by atoms with Crippen LogP contribution in [-0.4, -0.2) is 17.4 Å². The van der Waals surface area contributed by atoms with E-state index in [1.54, 1.807) is 11.3 Å². The lowest BCUT2D eigenvalue weighted by atomic mass is 9.87. The number of amides is 1. The fraction of sp³-hybridized carbons (Fsp3) is 0.444. The van der Waals surface area contributed by atoms with Gasteiger partial charge in [-0.25, -0.2) is 4.98 Å². The molecule has 0 aliphatic rings. The molecule has 1 amide bonds. The molecule has 0 radical (unpaired) electrons. The van der Waals surface area contributed by atoms with Crippen molar-refractivity contribution in [1.29, 1.82) is 0 Å². The number of aromatic nitrogens is 1. The Morgan fingerprint density at radius 2 is 1.82 bits per heavy atom. The van der Waals surface area contributed by atoms with Crippen molar-refractivity contribution < 1.29 is 4.79 Å². The molecule has 2 aromatic rings. The summed E-state index contributed by atoms with van der Waals surface area (Å²) in [5.74, 6) is -0.0145. The molecule has 1 heterocycles. The van der Waals surface area contributed by atoms with E-state index in [2.05, 4.69) is 31.1 Å². The van der Waals surface area contributed by atoms with Crippen molar-refractivity contribution in [3.05, 3.63) is 51.0 Å². The molecule has 1 N–H and O–H groups in total. The van der Waals surface area contributed by atoms with Gasteiger partial charge in [-0.05, 0) is 37.0 Å². The Labute approximate surface area is 136 Å². The maximum absolute atomic E-state index is 12.2. The molecule has 1 aromatic carbocycles. The summed E-state index contributed by atoms with van der Waals surface area (Å²) in [6.07, 6.45) is 0.836. The van der Waals surface area contributed by atoms with Crippen LogP contribution in [0.5, 0.6) is 0 Å². The summed E-state index contributed by atoms with van der Waals surface area (Å²) in [6.45, 7) is 11.2. The zero-order valence-electron chi connectivity index (χ0n) is 14.0. The van der Waals surface area contributed by atoms with E-state index in [0.29, 0.717) is 12.1 Å². The molecule has 0 atom stereocenters. The highest BCUT2D eigenvalue weighted by atomic mass is 32.1. The lowest BCUT2D eigenvalue weighted by Gasteiger charge is -2.19. The average molecular weight is 316 g/mol. The van der Waals surface area contributed by atoms with Gasteiger partial charge in [0.15, 0.2) is 0 Å². The molecule has 2 rings (SSSR count). The Kier molecular flexibility index (Phi) is 5.01. The summed E-state index contributed by atoms with van der Waals surface area (Å²) in [4.78, 5) is 17.8. The minimum atomic E-state index is -0.0145. The third-order valence-electron chi connectivity index (χ3n) is 3.65. The minimum Gasteiger partial charge on any atom is -0.352 e. The molecule has 0 aliphatic carbocycles. The molecule has 22 heavy (non-hydrogen) atoms. The summed E-state index contributed by atoms with van der Waals surface area (Å²) < 4.78 is 0. The normalized spacial score (nSPS) is 11.5. The van der Waals surface area contributed by atoms with Gasteiger partial charge in [0, 0.05) is 23.4 Å². The van der Waals surface area contributed by atoms with Gasteiger partial charge in [0.25, 0.3) is 5.91 Å². The largest absolute Gasteiger partial charge is 0.352 e. The van der Waals surface area contributed by atoms with Gasteiger partial charge in [0.05, 0.1) is 10.7 Å². The molecule has 0 saturated heterocycles. The van der Waals surface area contributed by atoms with Gasteiger partial charge in [0.2, 0.25) is 0 Å². The predicted octanol–water partition coefficient (Wildman–Crippen LogP) is 4.03. The fourth-order valence-corrected chi connectivity index (χ4v) is 3.26. The van der Waals surface area contributed by atoms with Crippen LogP contribution in [0.1, 0.15) is 52.3 Å². The third kappa shape index (κ3) is 4.17. The highest BCUT2D eigenvalue weighted by molar-refractivity contribution is 7.11. The molecule has 0 aliphatic heterocycles. The van der Waals surface area contributed by atoms with E-state index in [1.807, 2.05) is 38.1 Å². The van der Waals surface area contributed by atoms with Crippen LogP contribution in [0.2, 0.25) is 0 Å². The number of hydrogen-bond acceptors (Lipinski definition) is 3. The molecule has 0 unspecified atom stereocenters. The van der Waals surface area contributed by atoms with E-state index in [4.69, 9.17) is 0 Å². The highest BCUT2D eigenvalue weighted by Crippen LogP contribution is 2.22. The summed E-state index contributed by atoms with van der Waals surface area (Å²) in [5, 5.41) is 4.06.